The number of piperazine rings is 1. The van der Waals surface area contributed by atoms with Gasteiger partial charge >= 0.3 is 6.18 Å². The Labute approximate surface area is 194 Å². The Hall–Kier alpha value is -3.36. The number of amides is 3. The Balaban J connectivity index is 1.42. The first kappa shape index (κ1) is 22.4. The molecule has 2 heterocycles. The van der Waals surface area contributed by atoms with E-state index < -0.39 is 17.8 Å². The molecule has 2 aromatic carbocycles. The standard InChI is InChI=1S/C25H24F3N3O3/c26-25(27,28)18-7-3-6-16(12-18)17-8-9-20-19(13-17)24(34)31-11-10-30(14-21(31)22(32)29-20)23(33)15-4-1-2-5-15/h3,6-9,12-13,15,21H,1-2,4-5,10-11,14H2,(H,29,32)/t21-/m0/s1. The maximum atomic E-state index is 13.4. The van der Waals surface area contributed by atoms with Crippen molar-refractivity contribution in [2.24, 2.45) is 5.92 Å². The molecule has 6 nitrogen and oxygen atoms in total. The molecule has 0 bridgehead atoms. The highest BCUT2D eigenvalue weighted by Crippen LogP contribution is 2.35. The zero-order chi connectivity index (χ0) is 24.0. The van der Waals surface area contributed by atoms with Gasteiger partial charge in [-0.3, -0.25) is 14.4 Å². The van der Waals surface area contributed by atoms with Gasteiger partial charge in [0.1, 0.15) is 6.04 Å². The summed E-state index contributed by atoms with van der Waals surface area (Å²) in [6, 6.07) is 8.74. The van der Waals surface area contributed by atoms with E-state index >= 15 is 0 Å². The Kier molecular flexibility index (Phi) is 5.58. The Morgan fingerprint density at radius 3 is 2.44 bits per heavy atom. The summed E-state index contributed by atoms with van der Waals surface area (Å²) in [6.07, 6.45) is -0.698. The van der Waals surface area contributed by atoms with Gasteiger partial charge in [-0.25, -0.2) is 0 Å². The molecule has 1 saturated carbocycles. The van der Waals surface area contributed by atoms with Gasteiger partial charge < -0.3 is 15.1 Å². The highest BCUT2D eigenvalue weighted by Gasteiger charge is 2.41. The fraction of sp³-hybridized carbons (Fsp3) is 0.400. The minimum absolute atomic E-state index is 0.0108. The summed E-state index contributed by atoms with van der Waals surface area (Å²) in [5.41, 5.74) is 0.531. The minimum atomic E-state index is -4.48. The lowest BCUT2D eigenvalue weighted by atomic mass is 9.99. The Bertz CT molecular complexity index is 1160. The van der Waals surface area contributed by atoms with Crippen molar-refractivity contribution in [3.05, 3.63) is 53.6 Å². The second-order valence-electron chi connectivity index (χ2n) is 9.11. The largest absolute Gasteiger partial charge is 0.416 e. The van der Waals surface area contributed by atoms with Gasteiger partial charge in [-0.2, -0.15) is 13.2 Å². The van der Waals surface area contributed by atoms with Crippen LogP contribution < -0.4 is 5.32 Å². The first-order valence-electron chi connectivity index (χ1n) is 11.4. The summed E-state index contributed by atoms with van der Waals surface area (Å²) in [5, 5.41) is 2.78. The van der Waals surface area contributed by atoms with E-state index in [0.29, 0.717) is 23.4 Å². The van der Waals surface area contributed by atoms with E-state index in [4.69, 9.17) is 0 Å². The van der Waals surface area contributed by atoms with E-state index in [1.807, 2.05) is 0 Å². The highest BCUT2D eigenvalue weighted by atomic mass is 19.4. The summed E-state index contributed by atoms with van der Waals surface area (Å²) in [7, 11) is 0. The third-order valence-corrected chi connectivity index (χ3v) is 6.99. The zero-order valence-corrected chi connectivity index (χ0v) is 18.4. The van der Waals surface area contributed by atoms with Crippen molar-refractivity contribution in [2.75, 3.05) is 25.0 Å². The van der Waals surface area contributed by atoms with Gasteiger partial charge in [-0.15, -0.1) is 0 Å². The second-order valence-corrected chi connectivity index (χ2v) is 9.11. The van der Waals surface area contributed by atoms with Crippen LogP contribution in [0.3, 0.4) is 0 Å². The summed E-state index contributed by atoms with van der Waals surface area (Å²) in [5.74, 6) is -0.711. The van der Waals surface area contributed by atoms with Crippen molar-refractivity contribution >= 4 is 23.4 Å². The van der Waals surface area contributed by atoms with Gasteiger partial charge in [0.25, 0.3) is 5.91 Å². The fourth-order valence-corrected chi connectivity index (χ4v) is 5.14. The molecular formula is C25H24F3N3O3. The number of nitrogens with zero attached hydrogens (tertiary/aromatic N) is 2. The third kappa shape index (κ3) is 4.03. The van der Waals surface area contributed by atoms with Crippen molar-refractivity contribution in [2.45, 2.75) is 37.9 Å². The zero-order valence-electron chi connectivity index (χ0n) is 18.4. The van der Waals surface area contributed by atoms with Crippen LogP contribution in [0.2, 0.25) is 0 Å². The lowest BCUT2D eigenvalue weighted by Crippen LogP contribution is -2.60. The number of carbonyl (C=O) groups excluding carboxylic acids is 3. The van der Waals surface area contributed by atoms with Crippen LogP contribution in [-0.4, -0.2) is 53.2 Å². The quantitative estimate of drug-likeness (QED) is 0.715. The van der Waals surface area contributed by atoms with Gasteiger partial charge in [-0.1, -0.05) is 31.0 Å². The van der Waals surface area contributed by atoms with E-state index in [-0.39, 0.29) is 42.3 Å². The molecule has 2 aliphatic heterocycles. The first-order chi connectivity index (χ1) is 16.2. The van der Waals surface area contributed by atoms with E-state index in [1.54, 1.807) is 23.1 Å². The van der Waals surface area contributed by atoms with E-state index in [9.17, 15) is 27.6 Å². The number of hydrogen-bond donors (Lipinski definition) is 1. The van der Waals surface area contributed by atoms with Gasteiger partial charge in [0, 0.05) is 19.0 Å². The van der Waals surface area contributed by atoms with Crippen LogP contribution in [0.1, 0.15) is 41.6 Å². The van der Waals surface area contributed by atoms with Crippen LogP contribution in [0.5, 0.6) is 0 Å². The molecule has 2 fully saturated rings. The number of halogens is 3. The van der Waals surface area contributed by atoms with Crippen LogP contribution in [-0.2, 0) is 15.8 Å². The van der Waals surface area contributed by atoms with Gasteiger partial charge in [0.15, 0.2) is 0 Å². The molecule has 2 aromatic rings. The fourth-order valence-electron chi connectivity index (χ4n) is 5.14. The molecule has 5 rings (SSSR count). The highest BCUT2D eigenvalue weighted by molar-refractivity contribution is 6.10. The Morgan fingerprint density at radius 2 is 1.71 bits per heavy atom. The molecular weight excluding hydrogens is 447 g/mol. The number of rotatable bonds is 2. The molecule has 34 heavy (non-hydrogen) atoms. The summed E-state index contributed by atoms with van der Waals surface area (Å²) < 4.78 is 39.5. The van der Waals surface area contributed by atoms with Crippen LogP contribution in [0.15, 0.2) is 42.5 Å². The molecule has 178 valence electrons. The van der Waals surface area contributed by atoms with Crippen molar-refractivity contribution in [3.8, 4) is 11.1 Å². The molecule has 1 atom stereocenters. The van der Waals surface area contributed by atoms with E-state index in [2.05, 4.69) is 5.32 Å². The molecule has 0 radical (unpaired) electrons. The van der Waals surface area contributed by atoms with Crippen LogP contribution in [0, 0.1) is 5.92 Å². The number of anilines is 1. The summed E-state index contributed by atoms with van der Waals surface area (Å²) >= 11 is 0. The number of benzene rings is 2. The topological polar surface area (TPSA) is 69.7 Å². The maximum absolute atomic E-state index is 13.4. The number of fused-ring (bicyclic) bond motifs is 2. The predicted molar refractivity (Wildman–Crippen MR) is 119 cm³/mol. The SMILES string of the molecule is O=C1Nc2ccc(-c3cccc(C(F)(F)F)c3)cc2C(=O)N2CCN(C(=O)C3CCCC3)C[C@@H]12. The normalized spacial score (nSPS) is 21.1. The van der Waals surface area contributed by atoms with Crippen LogP contribution in [0.25, 0.3) is 11.1 Å². The smallest absolute Gasteiger partial charge is 0.338 e. The molecule has 0 unspecified atom stereocenters. The summed E-state index contributed by atoms with van der Waals surface area (Å²) in [4.78, 5) is 42.4. The number of carbonyl (C=O) groups is 3. The first-order valence-corrected chi connectivity index (χ1v) is 11.4. The predicted octanol–water partition coefficient (Wildman–Crippen LogP) is 4.17. The molecule has 3 aliphatic rings. The second kappa shape index (κ2) is 8.45. The molecule has 9 heteroatoms. The van der Waals surface area contributed by atoms with Gasteiger partial charge in [0.05, 0.1) is 23.4 Å². The van der Waals surface area contributed by atoms with Crippen LogP contribution in [0.4, 0.5) is 18.9 Å². The van der Waals surface area contributed by atoms with Crippen molar-refractivity contribution in [1.82, 2.24) is 9.80 Å². The van der Waals surface area contributed by atoms with Crippen LogP contribution >= 0.6 is 0 Å². The number of nitrogens with one attached hydrogen (secondary N) is 1. The van der Waals surface area contributed by atoms with E-state index in [1.165, 1.54) is 17.0 Å². The van der Waals surface area contributed by atoms with Crippen molar-refractivity contribution in [3.63, 3.8) is 0 Å². The molecule has 3 amide bonds. The third-order valence-electron chi connectivity index (χ3n) is 6.99. The Morgan fingerprint density at radius 1 is 0.971 bits per heavy atom. The molecule has 0 spiro atoms. The monoisotopic (exact) mass is 471 g/mol. The van der Waals surface area contributed by atoms with Crippen molar-refractivity contribution in [1.29, 1.82) is 0 Å². The molecule has 1 aliphatic carbocycles. The average molecular weight is 471 g/mol. The maximum Gasteiger partial charge on any atom is 0.416 e. The summed E-state index contributed by atoms with van der Waals surface area (Å²) in [6.45, 7) is 0.720. The minimum Gasteiger partial charge on any atom is -0.338 e. The van der Waals surface area contributed by atoms with E-state index in [0.717, 1.165) is 37.8 Å². The lowest BCUT2D eigenvalue weighted by molar-refractivity contribution is -0.139. The molecule has 1 saturated heterocycles. The molecule has 0 aromatic heterocycles. The molecule has 1 N–H and O–H groups in total. The van der Waals surface area contributed by atoms with Crippen molar-refractivity contribution < 1.29 is 27.6 Å². The number of hydrogen-bond acceptors (Lipinski definition) is 3. The van der Waals surface area contributed by atoms with Gasteiger partial charge in [-0.05, 0) is 48.2 Å². The number of alkyl halides is 3. The van der Waals surface area contributed by atoms with Gasteiger partial charge in [0.2, 0.25) is 11.8 Å². The average Bonchev–Trinajstić information content (AvgIpc) is 3.34. The lowest BCUT2D eigenvalue weighted by Gasteiger charge is -2.40.